The number of aliphatic hydroxyl groups is 1. The molecule has 0 bridgehead atoms. The number of rotatable bonds is 39. The fraction of sp³-hybridized carbons (Fsp3) is 0.720. The molecule has 1 aromatic rings. The average molecular weight is 892 g/mol. The first kappa shape index (κ1) is 57.2. The SMILES string of the molecule is CCCCC/C=C\C=C/[C@@H](O)C/C=C\C/C=C/CCCC(=O)OC[C@H](COP(=O)([O-])OCC[N+](C)(C)C)OC(=O)CCCCCCCCCCc1oc(CCCCC)c(C)c1C. The van der Waals surface area contributed by atoms with Crippen LogP contribution in [-0.4, -0.2) is 81.2 Å². The van der Waals surface area contributed by atoms with Crippen molar-refractivity contribution in [3.05, 3.63) is 71.3 Å². The zero-order valence-corrected chi connectivity index (χ0v) is 40.8. The number of ether oxygens (including phenoxy) is 2. The highest BCUT2D eigenvalue weighted by molar-refractivity contribution is 7.45. The largest absolute Gasteiger partial charge is 0.756 e. The van der Waals surface area contributed by atoms with Crippen molar-refractivity contribution in [2.24, 2.45) is 0 Å². The lowest BCUT2D eigenvalue weighted by Crippen LogP contribution is -2.37. The van der Waals surface area contributed by atoms with Crippen LogP contribution >= 0.6 is 7.82 Å². The monoisotopic (exact) mass is 892 g/mol. The minimum Gasteiger partial charge on any atom is -0.756 e. The summed E-state index contributed by atoms with van der Waals surface area (Å²) in [7, 11) is 1.07. The highest BCUT2D eigenvalue weighted by Gasteiger charge is 2.22. The van der Waals surface area contributed by atoms with Gasteiger partial charge in [0.1, 0.15) is 31.3 Å². The predicted molar refractivity (Wildman–Crippen MR) is 250 cm³/mol. The first-order valence-electron chi connectivity index (χ1n) is 23.8. The van der Waals surface area contributed by atoms with Crippen LogP contribution in [0, 0.1) is 13.8 Å². The van der Waals surface area contributed by atoms with Crippen molar-refractivity contribution in [3.8, 4) is 0 Å². The normalized spacial score (nSPS) is 14.4. The van der Waals surface area contributed by atoms with Crippen LogP contribution in [0.4, 0.5) is 0 Å². The number of phosphoric ester groups is 1. The van der Waals surface area contributed by atoms with E-state index in [4.69, 9.17) is 22.9 Å². The Morgan fingerprint density at radius 2 is 1.29 bits per heavy atom. The van der Waals surface area contributed by atoms with E-state index in [1.807, 2.05) is 57.6 Å². The number of unbranched alkanes of at least 4 members (excludes halogenated alkanes) is 13. The summed E-state index contributed by atoms with van der Waals surface area (Å²) in [6.45, 7) is 8.33. The van der Waals surface area contributed by atoms with E-state index >= 15 is 0 Å². The third-order valence-electron chi connectivity index (χ3n) is 10.6. The molecule has 0 saturated heterocycles. The molecule has 0 aliphatic carbocycles. The van der Waals surface area contributed by atoms with Gasteiger partial charge >= 0.3 is 11.9 Å². The van der Waals surface area contributed by atoms with Crippen molar-refractivity contribution in [2.75, 3.05) is 47.5 Å². The van der Waals surface area contributed by atoms with Gasteiger partial charge < -0.3 is 37.4 Å². The summed E-state index contributed by atoms with van der Waals surface area (Å²) in [6.07, 6.45) is 35.6. The quantitative estimate of drug-likeness (QED) is 0.0169. The molecule has 356 valence electrons. The van der Waals surface area contributed by atoms with Crippen LogP contribution in [-0.2, 0) is 45.5 Å². The number of allylic oxidation sites excluding steroid dienone is 6. The smallest absolute Gasteiger partial charge is 0.306 e. The van der Waals surface area contributed by atoms with Crippen molar-refractivity contribution in [1.82, 2.24) is 0 Å². The minimum atomic E-state index is -4.67. The molecule has 0 aromatic carbocycles. The second kappa shape index (κ2) is 35.5. The minimum absolute atomic E-state index is 0.0586. The zero-order chi connectivity index (χ0) is 45.9. The first-order chi connectivity index (χ1) is 29.7. The van der Waals surface area contributed by atoms with Crippen LogP contribution < -0.4 is 4.89 Å². The Hall–Kier alpha value is -2.79. The van der Waals surface area contributed by atoms with Gasteiger partial charge in [-0.3, -0.25) is 14.2 Å². The summed E-state index contributed by atoms with van der Waals surface area (Å²) >= 11 is 0. The van der Waals surface area contributed by atoms with E-state index < -0.39 is 38.6 Å². The summed E-state index contributed by atoms with van der Waals surface area (Å²) in [4.78, 5) is 37.7. The van der Waals surface area contributed by atoms with Crippen LogP contribution in [0.3, 0.4) is 0 Å². The lowest BCUT2D eigenvalue weighted by molar-refractivity contribution is -0.870. The van der Waals surface area contributed by atoms with Crippen LogP contribution in [0.1, 0.15) is 171 Å². The molecule has 0 spiro atoms. The molecule has 0 amide bonds. The molecular formula is C50H86NO10P. The maximum absolute atomic E-state index is 12.8. The number of carbonyl (C=O) groups is 2. The highest BCUT2D eigenvalue weighted by atomic mass is 31.2. The van der Waals surface area contributed by atoms with Gasteiger partial charge in [-0.25, -0.2) is 0 Å². The van der Waals surface area contributed by atoms with E-state index in [0.29, 0.717) is 36.7 Å². The molecular weight excluding hydrogens is 806 g/mol. The number of hydrogen-bond donors (Lipinski definition) is 1. The summed E-state index contributed by atoms with van der Waals surface area (Å²) in [6, 6.07) is 0. The molecule has 12 heteroatoms. The number of hydrogen-bond acceptors (Lipinski definition) is 10. The van der Waals surface area contributed by atoms with Gasteiger partial charge in [0.15, 0.2) is 6.10 Å². The Morgan fingerprint density at radius 1 is 0.710 bits per heavy atom. The van der Waals surface area contributed by atoms with E-state index in [1.165, 1.54) is 62.5 Å². The maximum Gasteiger partial charge on any atom is 0.306 e. The predicted octanol–water partition coefficient (Wildman–Crippen LogP) is 11.5. The standard InChI is InChI=1S/C50H86NO10P/c1-8-10-12-13-17-22-28-33-45(52)34-29-23-18-16-21-25-31-37-49(53)57-41-46(42-59-62(55,56)58-40-39-51(5,6)7)60-50(54)38-32-26-20-15-14-19-24-30-36-48-44(4)43(3)47(61-48)35-27-11-9-2/h16-17,21-23,28-29,33,45-46,52H,8-15,18-20,24-27,30-32,34-42H2,1-7H3/b21-16+,22-17-,29-23-,33-28-/t45-,46-/m1/s1. The Morgan fingerprint density at radius 3 is 1.95 bits per heavy atom. The molecule has 62 heavy (non-hydrogen) atoms. The van der Waals surface area contributed by atoms with Gasteiger partial charge in [-0.2, -0.15) is 0 Å². The molecule has 3 atom stereocenters. The molecule has 0 radical (unpaired) electrons. The molecule has 1 aromatic heterocycles. The Labute approximate surface area is 376 Å². The van der Waals surface area contributed by atoms with Crippen LogP contribution in [0.15, 0.2) is 53.0 Å². The van der Waals surface area contributed by atoms with Gasteiger partial charge in [0.05, 0.1) is 33.9 Å². The molecule has 0 aliphatic heterocycles. The van der Waals surface area contributed by atoms with Crippen LogP contribution in [0.5, 0.6) is 0 Å². The number of esters is 2. The summed E-state index contributed by atoms with van der Waals surface area (Å²) in [5.41, 5.74) is 2.64. The first-order valence-corrected chi connectivity index (χ1v) is 25.3. The second-order valence-electron chi connectivity index (χ2n) is 17.6. The summed E-state index contributed by atoms with van der Waals surface area (Å²) < 4.78 is 40.1. The molecule has 0 aliphatic rings. The molecule has 1 unspecified atom stereocenters. The van der Waals surface area contributed by atoms with Gasteiger partial charge in [0.2, 0.25) is 0 Å². The fourth-order valence-corrected chi connectivity index (χ4v) is 7.28. The number of phosphoric acid groups is 1. The third kappa shape index (κ3) is 32.0. The Bertz CT molecular complexity index is 1490. The number of quaternary nitrogens is 1. The van der Waals surface area contributed by atoms with E-state index in [1.54, 1.807) is 6.08 Å². The molecule has 1 heterocycles. The van der Waals surface area contributed by atoms with Gasteiger partial charge in [-0.1, -0.05) is 127 Å². The number of aliphatic hydroxyl groups excluding tert-OH is 1. The van der Waals surface area contributed by atoms with Crippen molar-refractivity contribution in [1.29, 1.82) is 0 Å². The van der Waals surface area contributed by atoms with Crippen molar-refractivity contribution in [3.63, 3.8) is 0 Å². The Kier molecular flexibility index (Phi) is 32.8. The van der Waals surface area contributed by atoms with Gasteiger partial charge in [0.25, 0.3) is 7.82 Å². The zero-order valence-electron chi connectivity index (χ0n) is 39.9. The van der Waals surface area contributed by atoms with E-state index in [9.17, 15) is 24.2 Å². The lowest BCUT2D eigenvalue weighted by atomic mass is 10.0. The molecule has 1 rings (SSSR count). The number of aryl methyl sites for hydroxylation is 2. The summed E-state index contributed by atoms with van der Waals surface area (Å²) in [5.74, 6) is 1.35. The second-order valence-corrected chi connectivity index (χ2v) is 19.0. The number of nitrogens with zero attached hydrogens (tertiary/aromatic N) is 1. The van der Waals surface area contributed by atoms with Gasteiger partial charge in [0, 0.05) is 25.7 Å². The molecule has 11 nitrogen and oxygen atoms in total. The fourth-order valence-electron chi connectivity index (χ4n) is 6.55. The Balaban J connectivity index is 2.40. The van der Waals surface area contributed by atoms with Gasteiger partial charge in [-0.05, 0) is 82.8 Å². The van der Waals surface area contributed by atoms with Crippen molar-refractivity contribution < 1.29 is 51.6 Å². The number of likely N-dealkylation sites (N-methyl/N-ethyl adjacent to an activating group) is 1. The van der Waals surface area contributed by atoms with E-state index in [2.05, 4.69) is 33.8 Å². The third-order valence-corrected chi connectivity index (χ3v) is 11.6. The number of carbonyl (C=O) groups excluding carboxylic acids is 2. The molecule has 0 saturated carbocycles. The van der Waals surface area contributed by atoms with Gasteiger partial charge in [-0.15, -0.1) is 0 Å². The van der Waals surface area contributed by atoms with Crippen LogP contribution in [0.2, 0.25) is 0 Å². The maximum atomic E-state index is 12.8. The lowest BCUT2D eigenvalue weighted by Gasteiger charge is -2.28. The van der Waals surface area contributed by atoms with Crippen molar-refractivity contribution in [2.45, 2.75) is 188 Å². The van der Waals surface area contributed by atoms with E-state index in [0.717, 1.165) is 69.3 Å². The molecule has 0 fully saturated rings. The number of furan rings is 1. The topological polar surface area (TPSA) is 145 Å². The molecule has 1 N–H and O–H groups in total. The average Bonchev–Trinajstić information content (AvgIpc) is 3.48. The van der Waals surface area contributed by atoms with Crippen LogP contribution in [0.25, 0.3) is 0 Å². The van der Waals surface area contributed by atoms with E-state index in [-0.39, 0.29) is 26.1 Å². The van der Waals surface area contributed by atoms with Crippen molar-refractivity contribution >= 4 is 19.8 Å². The summed E-state index contributed by atoms with van der Waals surface area (Å²) in [5, 5.41) is 10.1. The highest BCUT2D eigenvalue weighted by Crippen LogP contribution is 2.38.